The standard InChI is InChI=1S/C31H39N5O4S.C2HF3O2/c1-41(38,39)35-25-11-9-21(10-12-25)17-29-33-31(40-34-29)24-19-26-13-14-27(20-24)36(26)16-15-28(23-5-3-2-4-6-23)32-30(37)18-22-7-8-22;3-2(4,5)1(6)7/h2-6,9-12,22,24,26-28,35H,7-8,13-20H2,1H3,(H,32,37);(H,6,7)/t24-,26-,27+,28-;/m0./s1. The third-order valence-electron chi connectivity index (χ3n) is 8.96. The van der Waals surface area contributed by atoms with Crippen molar-refractivity contribution in [2.24, 2.45) is 5.92 Å². The van der Waals surface area contributed by atoms with Crippen LogP contribution in [0.25, 0.3) is 0 Å². The highest BCUT2D eigenvalue weighted by Gasteiger charge is 2.43. The SMILES string of the molecule is CS(=O)(=O)Nc1ccc(Cc2noc([C@@H]3C[C@H]4CC[C@@H](C3)N4CC[C@H](NC(=O)CC3CC3)c3ccccc3)n2)cc1.O=C(O)C(F)(F)F. The van der Waals surface area contributed by atoms with Crippen LogP contribution in [0, 0.1) is 5.92 Å². The lowest BCUT2D eigenvalue weighted by Crippen LogP contribution is -2.44. The summed E-state index contributed by atoms with van der Waals surface area (Å²) >= 11 is 0. The van der Waals surface area contributed by atoms with Gasteiger partial charge in [0.15, 0.2) is 5.82 Å². The second-order valence-electron chi connectivity index (χ2n) is 12.9. The highest BCUT2D eigenvalue weighted by Crippen LogP contribution is 2.43. The molecule has 1 aromatic heterocycles. The fourth-order valence-electron chi connectivity index (χ4n) is 6.56. The number of anilines is 1. The summed E-state index contributed by atoms with van der Waals surface area (Å²) in [6, 6.07) is 18.6. The molecule has 0 radical (unpaired) electrons. The van der Waals surface area contributed by atoms with Crippen LogP contribution in [-0.2, 0) is 26.0 Å². The number of halogens is 3. The summed E-state index contributed by atoms with van der Waals surface area (Å²) in [7, 11) is -3.30. The molecule has 0 unspecified atom stereocenters. The van der Waals surface area contributed by atoms with E-state index >= 15 is 0 Å². The highest BCUT2D eigenvalue weighted by molar-refractivity contribution is 7.92. The molecule has 2 bridgehead atoms. The number of hydrogen-bond acceptors (Lipinski definition) is 8. The molecule has 0 spiro atoms. The van der Waals surface area contributed by atoms with Crippen LogP contribution in [0.5, 0.6) is 0 Å². The summed E-state index contributed by atoms with van der Waals surface area (Å²) in [5.41, 5.74) is 2.70. The van der Waals surface area contributed by atoms with Crippen molar-refractivity contribution in [1.82, 2.24) is 20.4 Å². The molecule has 3 N–H and O–H groups in total. The van der Waals surface area contributed by atoms with Crippen LogP contribution >= 0.6 is 0 Å². The van der Waals surface area contributed by atoms with E-state index in [1.165, 1.54) is 31.2 Å². The van der Waals surface area contributed by atoms with E-state index in [2.05, 4.69) is 44.4 Å². The van der Waals surface area contributed by atoms with Gasteiger partial charge in [0.1, 0.15) is 0 Å². The van der Waals surface area contributed by atoms with E-state index in [4.69, 9.17) is 19.4 Å². The molecule has 260 valence electrons. The molecule has 3 heterocycles. The lowest BCUT2D eigenvalue weighted by atomic mass is 9.90. The Morgan fingerprint density at radius 1 is 1.02 bits per heavy atom. The number of alkyl halides is 3. The van der Waals surface area contributed by atoms with Gasteiger partial charge < -0.3 is 14.9 Å². The maximum Gasteiger partial charge on any atom is 0.490 e. The molecule has 3 aliphatic rings. The summed E-state index contributed by atoms with van der Waals surface area (Å²) < 4.78 is 62.8. The minimum Gasteiger partial charge on any atom is -0.475 e. The van der Waals surface area contributed by atoms with Crippen molar-refractivity contribution < 1.29 is 40.8 Å². The van der Waals surface area contributed by atoms with E-state index < -0.39 is 22.2 Å². The molecule has 6 rings (SSSR count). The third-order valence-corrected chi connectivity index (χ3v) is 9.57. The first-order chi connectivity index (χ1) is 22.7. The fourth-order valence-corrected chi connectivity index (χ4v) is 7.12. The number of fused-ring (bicyclic) bond motifs is 2. The van der Waals surface area contributed by atoms with Gasteiger partial charge in [0, 0.05) is 43.1 Å². The number of amides is 1. The summed E-state index contributed by atoms with van der Waals surface area (Å²) in [5.74, 6) is -0.373. The number of nitrogens with zero attached hydrogens (tertiary/aromatic N) is 3. The Hall–Kier alpha value is -3.98. The molecule has 1 amide bonds. The smallest absolute Gasteiger partial charge is 0.475 e. The largest absolute Gasteiger partial charge is 0.490 e. The van der Waals surface area contributed by atoms with Gasteiger partial charge in [-0.25, -0.2) is 13.2 Å². The fraction of sp³-hybridized carbons (Fsp3) is 0.515. The van der Waals surface area contributed by atoms with Gasteiger partial charge in [-0.15, -0.1) is 0 Å². The van der Waals surface area contributed by atoms with E-state index in [-0.39, 0.29) is 17.9 Å². The van der Waals surface area contributed by atoms with Crippen molar-refractivity contribution in [3.05, 3.63) is 77.4 Å². The maximum atomic E-state index is 12.7. The van der Waals surface area contributed by atoms with Crippen molar-refractivity contribution in [1.29, 1.82) is 0 Å². The number of carbonyl (C=O) groups excluding carboxylic acids is 1. The highest BCUT2D eigenvalue weighted by atomic mass is 32.2. The monoisotopic (exact) mass is 691 g/mol. The first-order valence-corrected chi connectivity index (χ1v) is 17.9. The number of aromatic nitrogens is 2. The average Bonchev–Trinajstić information content (AvgIpc) is 3.65. The van der Waals surface area contributed by atoms with Gasteiger partial charge in [0.25, 0.3) is 0 Å². The molecule has 2 saturated heterocycles. The van der Waals surface area contributed by atoms with Gasteiger partial charge in [-0.1, -0.05) is 47.6 Å². The van der Waals surface area contributed by atoms with Crippen molar-refractivity contribution in [2.45, 2.75) is 88.0 Å². The zero-order valence-electron chi connectivity index (χ0n) is 26.5. The van der Waals surface area contributed by atoms with Crippen molar-refractivity contribution in [3.8, 4) is 0 Å². The topological polar surface area (TPSA) is 155 Å². The number of aliphatic carboxylic acids is 1. The van der Waals surface area contributed by atoms with E-state index in [1.807, 2.05) is 18.2 Å². The van der Waals surface area contributed by atoms with Crippen LogP contribution in [0.4, 0.5) is 18.9 Å². The normalized spacial score (nSPS) is 21.5. The van der Waals surface area contributed by atoms with Crippen LogP contribution in [-0.4, -0.2) is 71.5 Å². The Morgan fingerprint density at radius 3 is 2.21 bits per heavy atom. The van der Waals surface area contributed by atoms with Gasteiger partial charge in [-0.05, 0) is 74.1 Å². The Morgan fingerprint density at radius 2 is 1.65 bits per heavy atom. The van der Waals surface area contributed by atoms with Crippen molar-refractivity contribution in [3.63, 3.8) is 0 Å². The molecule has 1 saturated carbocycles. The first-order valence-electron chi connectivity index (χ1n) is 16.0. The molecular weight excluding hydrogens is 651 g/mol. The van der Waals surface area contributed by atoms with Gasteiger partial charge in [0.2, 0.25) is 21.8 Å². The summed E-state index contributed by atoms with van der Waals surface area (Å²) in [6.45, 7) is 0.963. The van der Waals surface area contributed by atoms with Crippen LogP contribution in [0.1, 0.15) is 86.2 Å². The summed E-state index contributed by atoms with van der Waals surface area (Å²) in [5, 5.41) is 14.7. The molecule has 11 nitrogen and oxygen atoms in total. The molecule has 48 heavy (non-hydrogen) atoms. The number of benzene rings is 2. The van der Waals surface area contributed by atoms with E-state index in [0.717, 1.165) is 43.5 Å². The second-order valence-corrected chi connectivity index (χ2v) is 14.6. The van der Waals surface area contributed by atoms with Crippen LogP contribution in [0.3, 0.4) is 0 Å². The minimum absolute atomic E-state index is 0.0364. The summed E-state index contributed by atoms with van der Waals surface area (Å²) in [6.07, 6.45) is 4.88. The number of nitrogens with one attached hydrogen (secondary N) is 2. The molecule has 15 heteroatoms. The molecular formula is C33H40F3N5O6S. The first kappa shape index (κ1) is 35.3. The molecule has 2 aliphatic heterocycles. The average molecular weight is 692 g/mol. The molecule has 1 aliphatic carbocycles. The number of carboxylic acids is 1. The zero-order valence-corrected chi connectivity index (χ0v) is 27.3. The van der Waals surface area contributed by atoms with Crippen LogP contribution in [0.2, 0.25) is 0 Å². The quantitative estimate of drug-likeness (QED) is 0.226. The second kappa shape index (κ2) is 15.1. The lowest BCUT2D eigenvalue weighted by Gasteiger charge is -2.38. The van der Waals surface area contributed by atoms with E-state index in [0.29, 0.717) is 42.4 Å². The lowest BCUT2D eigenvalue weighted by molar-refractivity contribution is -0.192. The Kier molecular flexibility index (Phi) is 11.1. The van der Waals surface area contributed by atoms with Crippen LogP contribution < -0.4 is 10.0 Å². The molecule has 2 aromatic carbocycles. The van der Waals surface area contributed by atoms with Crippen LogP contribution in [0.15, 0.2) is 59.1 Å². The number of carboxylic acid groups (broad SMARTS) is 1. The van der Waals surface area contributed by atoms with Gasteiger partial charge in [-0.3, -0.25) is 14.4 Å². The van der Waals surface area contributed by atoms with Gasteiger partial charge >= 0.3 is 12.1 Å². The summed E-state index contributed by atoms with van der Waals surface area (Å²) in [4.78, 5) is 29.0. The number of piperidine rings is 1. The number of hydrogen-bond donors (Lipinski definition) is 3. The minimum atomic E-state index is -5.08. The maximum absolute atomic E-state index is 12.7. The van der Waals surface area contributed by atoms with E-state index in [9.17, 15) is 26.4 Å². The molecule has 4 atom stereocenters. The Labute approximate surface area is 277 Å². The predicted octanol–water partition coefficient (Wildman–Crippen LogP) is 5.42. The molecule has 3 aromatic rings. The Bertz CT molecular complexity index is 1630. The Balaban J connectivity index is 0.000000582. The van der Waals surface area contributed by atoms with Crippen molar-refractivity contribution in [2.75, 3.05) is 17.5 Å². The number of carbonyl (C=O) groups is 2. The van der Waals surface area contributed by atoms with E-state index in [1.54, 1.807) is 12.1 Å². The number of rotatable bonds is 12. The number of sulfonamides is 1. The predicted molar refractivity (Wildman–Crippen MR) is 170 cm³/mol. The molecule has 3 fully saturated rings. The zero-order chi connectivity index (χ0) is 34.5. The van der Waals surface area contributed by atoms with Crippen molar-refractivity contribution >= 4 is 27.6 Å². The van der Waals surface area contributed by atoms with Gasteiger partial charge in [0.05, 0.1) is 12.3 Å². The van der Waals surface area contributed by atoms with Gasteiger partial charge in [-0.2, -0.15) is 18.2 Å². The third kappa shape index (κ3) is 10.3.